The summed E-state index contributed by atoms with van der Waals surface area (Å²) in [5.41, 5.74) is 8.54. The number of hydrogen-bond acceptors (Lipinski definition) is 3. The molecule has 0 bridgehead atoms. The number of benzene rings is 4. The number of rotatable bonds is 2. The minimum Gasteiger partial charge on any atom is -0.347 e. The summed E-state index contributed by atoms with van der Waals surface area (Å²) in [7, 11) is 2.23. The van der Waals surface area contributed by atoms with Gasteiger partial charge in [-0.2, -0.15) is 0 Å². The summed E-state index contributed by atoms with van der Waals surface area (Å²) >= 11 is 1.91. The van der Waals surface area contributed by atoms with Crippen LogP contribution in [0.3, 0.4) is 0 Å². The van der Waals surface area contributed by atoms with Crippen LogP contribution in [0.4, 0.5) is 0 Å². The zero-order chi connectivity index (χ0) is 29.6. The van der Waals surface area contributed by atoms with Gasteiger partial charge in [0, 0.05) is 50.7 Å². The van der Waals surface area contributed by atoms with Crippen molar-refractivity contribution >= 4 is 72.5 Å². The summed E-state index contributed by atoms with van der Waals surface area (Å²) in [5.74, 6) is 1.60. The Labute approximate surface area is 265 Å². The number of para-hydroxylation sites is 1. The van der Waals surface area contributed by atoms with Gasteiger partial charge in [-0.05, 0) is 52.1 Å². The molecule has 10 rings (SSSR count). The third-order valence-electron chi connectivity index (χ3n) is 9.99. The van der Waals surface area contributed by atoms with Crippen LogP contribution in [0.1, 0.15) is 39.1 Å². The van der Waals surface area contributed by atoms with Gasteiger partial charge in [-0.25, -0.2) is 4.99 Å². The highest BCUT2D eigenvalue weighted by Gasteiger charge is 2.39. The molecule has 0 fully saturated rings. The van der Waals surface area contributed by atoms with Gasteiger partial charge in [0.25, 0.3) is 0 Å². The number of aromatic nitrogens is 1. The summed E-state index contributed by atoms with van der Waals surface area (Å²) in [4.78, 5) is 9.28. The van der Waals surface area contributed by atoms with E-state index in [2.05, 4.69) is 156 Å². The third-order valence-corrected chi connectivity index (χ3v) is 11.1. The lowest BCUT2D eigenvalue weighted by atomic mass is 9.75. The summed E-state index contributed by atoms with van der Waals surface area (Å²) < 4.78 is 3.91. The van der Waals surface area contributed by atoms with Crippen molar-refractivity contribution in [1.29, 1.82) is 0 Å². The summed E-state index contributed by atoms with van der Waals surface area (Å²) in [6.45, 7) is 0. The number of fused-ring (bicyclic) bond motifs is 11. The van der Waals surface area contributed by atoms with Crippen LogP contribution in [-0.2, 0) is 0 Å². The van der Waals surface area contributed by atoms with Gasteiger partial charge in [0.05, 0.1) is 17.3 Å². The summed E-state index contributed by atoms with van der Waals surface area (Å²) in [6, 6.07) is 33.2. The van der Waals surface area contributed by atoms with Crippen LogP contribution < -0.4 is 0 Å². The zero-order valence-electron chi connectivity index (χ0n) is 24.8. The van der Waals surface area contributed by atoms with Gasteiger partial charge in [-0.3, -0.25) is 4.57 Å². The number of thiophene rings is 1. The maximum absolute atomic E-state index is 5.46. The lowest BCUT2D eigenvalue weighted by Crippen LogP contribution is -2.41. The second kappa shape index (κ2) is 9.40. The van der Waals surface area contributed by atoms with Crippen molar-refractivity contribution < 1.29 is 0 Å². The van der Waals surface area contributed by atoms with Gasteiger partial charge < -0.3 is 4.90 Å². The molecule has 45 heavy (non-hydrogen) atoms. The molecule has 3 nitrogen and oxygen atoms in total. The van der Waals surface area contributed by atoms with Crippen LogP contribution in [0.25, 0.3) is 55.4 Å². The van der Waals surface area contributed by atoms with Gasteiger partial charge in [-0.1, -0.05) is 109 Å². The molecule has 3 unspecified atom stereocenters. The van der Waals surface area contributed by atoms with Crippen LogP contribution in [0.2, 0.25) is 0 Å². The highest BCUT2D eigenvalue weighted by atomic mass is 32.1. The minimum atomic E-state index is 0.0651. The molecule has 6 aromatic rings. The summed E-state index contributed by atoms with van der Waals surface area (Å²) in [5, 5.41) is 5.12. The van der Waals surface area contributed by atoms with Crippen molar-refractivity contribution in [3.63, 3.8) is 0 Å². The van der Waals surface area contributed by atoms with E-state index in [1.165, 1.54) is 53.5 Å². The molecule has 4 aromatic carbocycles. The number of allylic oxidation sites excluding steroid dienone is 4. The number of aliphatic imine (C=N–C) groups is 1. The van der Waals surface area contributed by atoms with E-state index >= 15 is 0 Å². The standard InChI is InChI=1S/C41H29N3S/c1-43-35-16-8-6-14-33(35)42-39(27-19-18-25-10-2-3-11-26(25)24-27)41(43)44-34-15-7-4-12-28(34)30-21-20-29-31(40(30)44)22-23-37-38(29)32-13-5-9-17-36(32)45-37/h2-24,29,31,35H,1H3. The van der Waals surface area contributed by atoms with Crippen molar-refractivity contribution in [3.8, 4) is 0 Å². The quantitative estimate of drug-likeness (QED) is 0.195. The molecule has 0 amide bonds. The molecule has 3 aliphatic carbocycles. The van der Waals surface area contributed by atoms with Crippen LogP contribution >= 0.6 is 11.3 Å². The molecule has 1 aliphatic heterocycles. The van der Waals surface area contributed by atoms with Crippen LogP contribution in [0.5, 0.6) is 0 Å². The predicted molar refractivity (Wildman–Crippen MR) is 192 cm³/mol. The maximum atomic E-state index is 5.46. The third kappa shape index (κ3) is 3.54. The molecule has 0 spiro atoms. The monoisotopic (exact) mass is 595 g/mol. The van der Waals surface area contributed by atoms with Gasteiger partial charge in [0.1, 0.15) is 11.5 Å². The highest BCUT2D eigenvalue weighted by molar-refractivity contribution is 7.20. The Morgan fingerprint density at radius 2 is 1.51 bits per heavy atom. The van der Waals surface area contributed by atoms with Gasteiger partial charge in [0.2, 0.25) is 0 Å². The molecule has 0 radical (unpaired) electrons. The first-order chi connectivity index (χ1) is 22.2. The predicted octanol–water partition coefficient (Wildman–Crippen LogP) is 10.1. The van der Waals surface area contributed by atoms with E-state index < -0.39 is 0 Å². The largest absolute Gasteiger partial charge is 0.347 e. The number of nitrogens with zero attached hydrogens (tertiary/aromatic N) is 3. The fourth-order valence-electron chi connectivity index (χ4n) is 7.96. The molecule has 2 aromatic heterocycles. The Kier molecular flexibility index (Phi) is 5.26. The lowest BCUT2D eigenvalue weighted by molar-refractivity contribution is 0.450. The van der Waals surface area contributed by atoms with E-state index in [1.807, 2.05) is 11.3 Å². The van der Waals surface area contributed by atoms with Crippen LogP contribution in [-0.4, -0.2) is 28.3 Å². The molecule has 0 saturated heterocycles. The van der Waals surface area contributed by atoms with Crippen LogP contribution in [0.15, 0.2) is 132 Å². The van der Waals surface area contributed by atoms with Crippen molar-refractivity contribution in [2.24, 2.45) is 4.99 Å². The number of hydrogen-bond donors (Lipinski definition) is 0. The first-order valence-corrected chi connectivity index (χ1v) is 16.5. The van der Waals surface area contributed by atoms with E-state index in [1.54, 1.807) is 0 Å². The smallest absolute Gasteiger partial charge is 0.141 e. The van der Waals surface area contributed by atoms with E-state index in [4.69, 9.17) is 4.99 Å². The normalized spacial score (nSPS) is 21.3. The van der Waals surface area contributed by atoms with Crippen molar-refractivity contribution in [2.45, 2.75) is 17.9 Å². The Bertz CT molecular complexity index is 2420. The molecule has 4 heteroatoms. The minimum absolute atomic E-state index is 0.0651. The molecule has 3 atom stereocenters. The molecule has 214 valence electrons. The molecular formula is C41H29N3S. The maximum Gasteiger partial charge on any atom is 0.141 e. The summed E-state index contributed by atoms with van der Waals surface area (Å²) in [6.07, 6.45) is 18.4. The molecule has 4 aliphatic rings. The Morgan fingerprint density at radius 1 is 0.711 bits per heavy atom. The first kappa shape index (κ1) is 25.2. The average molecular weight is 596 g/mol. The van der Waals surface area contributed by atoms with E-state index in [0.29, 0.717) is 0 Å². The number of likely N-dealkylation sites (N-methyl/N-ethyl adjacent to an activating group) is 1. The average Bonchev–Trinajstić information content (AvgIpc) is 3.64. The fraction of sp³-hybridized carbons (Fsp3) is 0.0976. The SMILES string of the molecule is CN1C(n2c3c(c4ccccc42)C=CC2c4c(sc5ccccc45)C=CC32)=C(c2ccc3ccccc3c2)N=C2C=CC=CC21. The van der Waals surface area contributed by atoms with E-state index in [-0.39, 0.29) is 17.9 Å². The Balaban J connectivity index is 1.28. The van der Waals surface area contributed by atoms with Crippen LogP contribution in [0, 0.1) is 0 Å². The van der Waals surface area contributed by atoms with Crippen molar-refractivity contribution in [1.82, 2.24) is 9.47 Å². The van der Waals surface area contributed by atoms with E-state index in [0.717, 1.165) is 22.8 Å². The topological polar surface area (TPSA) is 20.5 Å². The Morgan fingerprint density at radius 3 is 2.44 bits per heavy atom. The lowest BCUT2D eigenvalue weighted by Gasteiger charge is -2.39. The fourth-order valence-corrected chi connectivity index (χ4v) is 9.13. The molecular weight excluding hydrogens is 567 g/mol. The van der Waals surface area contributed by atoms with Crippen molar-refractivity contribution in [3.05, 3.63) is 155 Å². The second-order valence-corrected chi connectivity index (χ2v) is 13.5. The highest BCUT2D eigenvalue weighted by Crippen LogP contribution is 2.53. The first-order valence-electron chi connectivity index (χ1n) is 15.7. The van der Waals surface area contributed by atoms with Crippen molar-refractivity contribution in [2.75, 3.05) is 7.05 Å². The van der Waals surface area contributed by atoms with E-state index in [9.17, 15) is 0 Å². The Hall–Kier alpha value is -5.19. The second-order valence-electron chi connectivity index (χ2n) is 12.4. The van der Waals surface area contributed by atoms with Gasteiger partial charge >= 0.3 is 0 Å². The molecule has 0 N–H and O–H groups in total. The van der Waals surface area contributed by atoms with Gasteiger partial charge in [0.15, 0.2) is 0 Å². The molecule has 3 heterocycles. The van der Waals surface area contributed by atoms with Gasteiger partial charge in [-0.15, -0.1) is 11.3 Å². The zero-order valence-corrected chi connectivity index (χ0v) is 25.6. The molecule has 0 saturated carbocycles.